The quantitative estimate of drug-likeness (QED) is 0.854. The normalized spacial score (nSPS) is 40.5. The first-order chi connectivity index (χ1) is 10.0. The third-order valence-electron chi connectivity index (χ3n) is 5.56. The van der Waals surface area contributed by atoms with Gasteiger partial charge in [-0.3, -0.25) is 9.59 Å². The first kappa shape index (κ1) is 14.8. The predicted octanol–water partition coefficient (Wildman–Crippen LogP) is 1.46. The smallest absolute Gasteiger partial charge is 0.249 e. The largest absolute Gasteiger partial charge is 0.379 e. The van der Waals surface area contributed by atoms with E-state index >= 15 is 0 Å². The second-order valence-corrected chi connectivity index (χ2v) is 6.87. The summed E-state index contributed by atoms with van der Waals surface area (Å²) >= 11 is 0. The number of carbonyl (C=O) groups is 2. The van der Waals surface area contributed by atoms with Crippen molar-refractivity contribution in [3.63, 3.8) is 0 Å². The molecule has 21 heavy (non-hydrogen) atoms. The van der Waals surface area contributed by atoms with Gasteiger partial charge >= 0.3 is 0 Å². The summed E-state index contributed by atoms with van der Waals surface area (Å²) in [6.45, 7) is 3.88. The highest BCUT2D eigenvalue weighted by Crippen LogP contribution is 2.44. The van der Waals surface area contributed by atoms with Crippen LogP contribution in [0.2, 0.25) is 0 Å². The SMILES string of the molecule is CCC1C(=O)NC(C)(C2CC2)C(=O)N1C1CCCC1OC. The van der Waals surface area contributed by atoms with Gasteiger partial charge in [0.25, 0.3) is 0 Å². The molecule has 0 aromatic carbocycles. The number of hydrogen-bond acceptors (Lipinski definition) is 3. The Morgan fingerprint density at radius 2 is 2.00 bits per heavy atom. The standard InChI is InChI=1S/C16H26N2O3/c1-4-11-14(19)17-16(2,10-8-9-10)15(20)18(11)12-6-5-7-13(12)21-3/h10-13H,4-9H2,1-3H3,(H,17,19). The summed E-state index contributed by atoms with van der Waals surface area (Å²) in [5.41, 5.74) is -0.705. The van der Waals surface area contributed by atoms with E-state index in [2.05, 4.69) is 5.32 Å². The molecule has 3 aliphatic rings. The summed E-state index contributed by atoms with van der Waals surface area (Å²) in [6.07, 6.45) is 5.77. The van der Waals surface area contributed by atoms with Gasteiger partial charge in [-0.25, -0.2) is 0 Å². The fourth-order valence-electron chi connectivity index (χ4n) is 4.13. The molecular formula is C16H26N2O3. The van der Waals surface area contributed by atoms with Crippen molar-refractivity contribution >= 4 is 11.8 Å². The van der Waals surface area contributed by atoms with Crippen LogP contribution in [0.3, 0.4) is 0 Å². The molecule has 4 unspecified atom stereocenters. The average Bonchev–Trinajstić information content (AvgIpc) is 3.22. The Kier molecular flexibility index (Phi) is 3.72. The van der Waals surface area contributed by atoms with Gasteiger partial charge in [-0.05, 0) is 51.4 Å². The molecule has 4 atom stereocenters. The van der Waals surface area contributed by atoms with Crippen molar-refractivity contribution in [2.24, 2.45) is 5.92 Å². The van der Waals surface area contributed by atoms with E-state index in [4.69, 9.17) is 4.74 Å². The van der Waals surface area contributed by atoms with Crippen LogP contribution in [-0.2, 0) is 14.3 Å². The van der Waals surface area contributed by atoms with Gasteiger partial charge in [0.15, 0.2) is 0 Å². The van der Waals surface area contributed by atoms with Gasteiger partial charge in [-0.2, -0.15) is 0 Å². The first-order valence-electron chi connectivity index (χ1n) is 8.20. The molecule has 1 N–H and O–H groups in total. The molecule has 5 nitrogen and oxygen atoms in total. The lowest BCUT2D eigenvalue weighted by Crippen LogP contribution is -2.72. The van der Waals surface area contributed by atoms with Gasteiger partial charge in [0, 0.05) is 7.11 Å². The van der Waals surface area contributed by atoms with Crippen molar-refractivity contribution in [2.45, 2.75) is 76.1 Å². The second-order valence-electron chi connectivity index (χ2n) is 6.87. The lowest BCUT2D eigenvalue weighted by atomic mass is 9.87. The van der Waals surface area contributed by atoms with E-state index in [0.29, 0.717) is 12.3 Å². The molecule has 0 radical (unpaired) electrons. The molecule has 3 rings (SSSR count). The van der Waals surface area contributed by atoms with Crippen LogP contribution in [0, 0.1) is 5.92 Å². The fourth-order valence-corrected chi connectivity index (χ4v) is 4.13. The lowest BCUT2D eigenvalue weighted by molar-refractivity contribution is -0.161. The zero-order valence-corrected chi connectivity index (χ0v) is 13.2. The van der Waals surface area contributed by atoms with E-state index in [1.54, 1.807) is 7.11 Å². The van der Waals surface area contributed by atoms with Gasteiger partial charge in [0.1, 0.15) is 11.6 Å². The number of amides is 2. The van der Waals surface area contributed by atoms with Crippen molar-refractivity contribution in [1.82, 2.24) is 10.2 Å². The minimum atomic E-state index is -0.705. The third kappa shape index (κ3) is 2.26. The van der Waals surface area contributed by atoms with Crippen LogP contribution in [0.15, 0.2) is 0 Å². The number of nitrogens with zero attached hydrogens (tertiary/aromatic N) is 1. The molecule has 0 spiro atoms. The molecule has 1 saturated heterocycles. The van der Waals surface area contributed by atoms with Crippen molar-refractivity contribution < 1.29 is 14.3 Å². The van der Waals surface area contributed by atoms with Crippen LogP contribution in [0.5, 0.6) is 0 Å². The minimum Gasteiger partial charge on any atom is -0.379 e. The van der Waals surface area contributed by atoms with E-state index in [0.717, 1.165) is 32.1 Å². The predicted molar refractivity (Wildman–Crippen MR) is 78.6 cm³/mol. The summed E-state index contributed by atoms with van der Waals surface area (Å²) in [4.78, 5) is 27.6. The van der Waals surface area contributed by atoms with Crippen molar-refractivity contribution in [1.29, 1.82) is 0 Å². The Balaban J connectivity index is 1.93. The van der Waals surface area contributed by atoms with Crippen LogP contribution in [0.4, 0.5) is 0 Å². The maximum Gasteiger partial charge on any atom is 0.249 e. The van der Waals surface area contributed by atoms with Crippen LogP contribution in [-0.4, -0.2) is 47.6 Å². The fraction of sp³-hybridized carbons (Fsp3) is 0.875. The van der Waals surface area contributed by atoms with Crippen LogP contribution in [0.1, 0.15) is 52.4 Å². The molecule has 2 saturated carbocycles. The molecule has 0 aromatic heterocycles. The monoisotopic (exact) mass is 294 g/mol. The molecule has 1 aliphatic heterocycles. The summed E-state index contributed by atoms with van der Waals surface area (Å²) in [5, 5.41) is 3.02. The van der Waals surface area contributed by atoms with E-state index in [1.807, 2.05) is 18.7 Å². The zero-order valence-electron chi connectivity index (χ0n) is 13.2. The van der Waals surface area contributed by atoms with E-state index in [-0.39, 0.29) is 30.0 Å². The van der Waals surface area contributed by atoms with Crippen LogP contribution >= 0.6 is 0 Å². The van der Waals surface area contributed by atoms with Crippen molar-refractivity contribution in [3.05, 3.63) is 0 Å². The van der Waals surface area contributed by atoms with E-state index in [9.17, 15) is 9.59 Å². The van der Waals surface area contributed by atoms with Gasteiger partial charge in [0.05, 0.1) is 12.1 Å². The molecule has 2 aliphatic carbocycles. The third-order valence-corrected chi connectivity index (χ3v) is 5.56. The van der Waals surface area contributed by atoms with Gasteiger partial charge in [-0.1, -0.05) is 6.92 Å². The van der Waals surface area contributed by atoms with Crippen LogP contribution < -0.4 is 5.32 Å². The maximum atomic E-state index is 13.1. The lowest BCUT2D eigenvalue weighted by Gasteiger charge is -2.48. The molecule has 2 amide bonds. The minimum absolute atomic E-state index is 0.00764. The van der Waals surface area contributed by atoms with Crippen molar-refractivity contribution in [2.75, 3.05) is 7.11 Å². The maximum absolute atomic E-state index is 13.1. The molecule has 3 fully saturated rings. The number of piperazine rings is 1. The highest BCUT2D eigenvalue weighted by Gasteiger charge is 2.57. The summed E-state index contributed by atoms with van der Waals surface area (Å²) in [6, 6.07) is -0.290. The summed E-state index contributed by atoms with van der Waals surface area (Å²) in [5.74, 6) is 0.412. The second kappa shape index (κ2) is 5.27. The highest BCUT2D eigenvalue weighted by atomic mass is 16.5. The molecular weight excluding hydrogens is 268 g/mol. The molecule has 0 aromatic rings. The Morgan fingerprint density at radius 1 is 1.29 bits per heavy atom. The highest BCUT2D eigenvalue weighted by molar-refractivity contribution is 6.00. The Labute approximate surface area is 126 Å². The Hall–Kier alpha value is -1.10. The molecule has 5 heteroatoms. The molecule has 118 valence electrons. The Morgan fingerprint density at radius 3 is 2.57 bits per heavy atom. The number of rotatable bonds is 4. The molecule has 0 bridgehead atoms. The Bertz CT molecular complexity index is 449. The average molecular weight is 294 g/mol. The summed E-state index contributed by atoms with van der Waals surface area (Å²) in [7, 11) is 1.71. The summed E-state index contributed by atoms with van der Waals surface area (Å²) < 4.78 is 5.57. The first-order valence-corrected chi connectivity index (χ1v) is 8.20. The van der Waals surface area contributed by atoms with Gasteiger partial charge < -0.3 is 15.0 Å². The number of hydrogen-bond donors (Lipinski definition) is 1. The number of ether oxygens (including phenoxy) is 1. The van der Waals surface area contributed by atoms with Crippen molar-refractivity contribution in [3.8, 4) is 0 Å². The van der Waals surface area contributed by atoms with Gasteiger partial charge in [-0.15, -0.1) is 0 Å². The number of nitrogens with one attached hydrogen (secondary N) is 1. The zero-order chi connectivity index (χ0) is 15.2. The van der Waals surface area contributed by atoms with E-state index in [1.165, 1.54) is 0 Å². The van der Waals surface area contributed by atoms with Crippen LogP contribution in [0.25, 0.3) is 0 Å². The number of methoxy groups -OCH3 is 1. The van der Waals surface area contributed by atoms with E-state index < -0.39 is 5.54 Å². The molecule has 1 heterocycles. The topological polar surface area (TPSA) is 58.6 Å². The number of carbonyl (C=O) groups excluding carboxylic acids is 2. The van der Waals surface area contributed by atoms with Gasteiger partial charge in [0.2, 0.25) is 11.8 Å².